The number of ketones is 2. The van der Waals surface area contributed by atoms with Crippen LogP contribution in [0.2, 0.25) is 0 Å². The van der Waals surface area contributed by atoms with Crippen LogP contribution in [0.5, 0.6) is 0 Å². The standard InChI is InChI=1S/C28H35NO2/c1-7-9-10-21(17(3)4)11-12-22(14-23-13-18(5)24-16-25(23)24)27(30)28(31)26-15-20(8-2)19(6)29-26/h7-10,15,19,22-23,29H,1,5,11-14,16H2,2-4,6H3/b10-9-,20-8-. The van der Waals surface area contributed by atoms with Gasteiger partial charge in [0, 0.05) is 12.0 Å². The number of carbonyl (C=O) groups is 2. The molecule has 0 bridgehead atoms. The molecule has 3 unspecified atom stereocenters. The lowest BCUT2D eigenvalue weighted by atomic mass is 9.82. The van der Waals surface area contributed by atoms with E-state index in [1.807, 2.05) is 32.1 Å². The van der Waals surface area contributed by atoms with Gasteiger partial charge in [-0.2, -0.15) is 0 Å². The Morgan fingerprint density at radius 3 is 2.58 bits per heavy atom. The van der Waals surface area contributed by atoms with E-state index in [1.54, 1.807) is 6.08 Å². The number of allylic oxidation sites excluding steroid dienone is 10. The molecule has 0 aromatic heterocycles. The zero-order valence-corrected chi connectivity index (χ0v) is 19.4. The van der Waals surface area contributed by atoms with E-state index in [0.717, 1.165) is 31.3 Å². The molecule has 2 aliphatic carbocycles. The predicted octanol–water partition coefficient (Wildman–Crippen LogP) is 6.09. The molecule has 0 saturated heterocycles. The van der Waals surface area contributed by atoms with Crippen LogP contribution in [-0.4, -0.2) is 17.6 Å². The molecule has 1 heterocycles. The van der Waals surface area contributed by atoms with Gasteiger partial charge in [0.1, 0.15) is 0 Å². The van der Waals surface area contributed by atoms with Crippen molar-refractivity contribution in [2.75, 3.05) is 0 Å². The summed E-state index contributed by atoms with van der Waals surface area (Å²) in [6.07, 6.45) is 13.8. The summed E-state index contributed by atoms with van der Waals surface area (Å²) in [5.74, 6) is -0.545. The van der Waals surface area contributed by atoms with Crippen LogP contribution in [0.1, 0.15) is 59.8 Å². The van der Waals surface area contributed by atoms with Crippen LogP contribution in [0, 0.1) is 11.8 Å². The molecule has 3 rings (SSSR count). The molecule has 0 fully saturated rings. The molecule has 1 aliphatic heterocycles. The molecule has 0 amide bonds. The highest BCUT2D eigenvalue weighted by Crippen LogP contribution is 2.54. The van der Waals surface area contributed by atoms with Crippen molar-refractivity contribution in [2.24, 2.45) is 11.8 Å². The summed E-state index contributed by atoms with van der Waals surface area (Å²) in [6.45, 7) is 16.1. The van der Waals surface area contributed by atoms with Crippen molar-refractivity contribution in [1.82, 2.24) is 5.32 Å². The van der Waals surface area contributed by atoms with Gasteiger partial charge in [-0.15, -0.1) is 0 Å². The maximum absolute atomic E-state index is 13.4. The van der Waals surface area contributed by atoms with E-state index < -0.39 is 0 Å². The average molecular weight is 418 g/mol. The fourth-order valence-electron chi connectivity index (χ4n) is 4.80. The van der Waals surface area contributed by atoms with Crippen molar-refractivity contribution >= 4 is 11.6 Å². The largest absolute Gasteiger partial charge is 0.375 e. The van der Waals surface area contributed by atoms with E-state index in [2.05, 4.69) is 38.4 Å². The lowest BCUT2D eigenvalue weighted by molar-refractivity contribution is -0.137. The molecule has 164 valence electrons. The molecule has 0 aromatic rings. The van der Waals surface area contributed by atoms with Crippen LogP contribution >= 0.6 is 0 Å². The molecular formula is C28H35NO2. The Hall–Kier alpha value is -2.68. The normalized spacial score (nSPS) is 24.2. The second-order valence-corrected chi connectivity index (χ2v) is 9.18. The van der Waals surface area contributed by atoms with Crippen LogP contribution < -0.4 is 5.32 Å². The molecule has 3 heteroatoms. The molecular weight excluding hydrogens is 382 g/mol. The number of carbonyl (C=O) groups excluding carboxylic acids is 2. The van der Waals surface area contributed by atoms with Crippen LogP contribution in [-0.2, 0) is 9.59 Å². The third-order valence-electron chi connectivity index (χ3n) is 6.80. The highest BCUT2D eigenvalue weighted by atomic mass is 16.2. The third-order valence-corrected chi connectivity index (χ3v) is 6.80. The Balaban J connectivity index is 1.77. The topological polar surface area (TPSA) is 46.2 Å². The first kappa shape index (κ1) is 23.0. The monoisotopic (exact) mass is 417 g/mol. The van der Waals surface area contributed by atoms with Gasteiger partial charge in [0.15, 0.2) is 0 Å². The Morgan fingerprint density at radius 2 is 2.06 bits per heavy atom. The van der Waals surface area contributed by atoms with Crippen molar-refractivity contribution in [3.63, 3.8) is 0 Å². The van der Waals surface area contributed by atoms with E-state index in [9.17, 15) is 9.59 Å². The Kier molecular flexibility index (Phi) is 7.15. The van der Waals surface area contributed by atoms with Crippen LogP contribution in [0.25, 0.3) is 0 Å². The number of nitrogens with one attached hydrogen (secondary N) is 1. The molecule has 1 N–H and O–H groups in total. The van der Waals surface area contributed by atoms with Crippen LogP contribution in [0.15, 0.2) is 82.7 Å². The summed E-state index contributed by atoms with van der Waals surface area (Å²) in [5.41, 5.74) is 8.02. The summed E-state index contributed by atoms with van der Waals surface area (Å²) in [7, 11) is 0. The maximum Gasteiger partial charge on any atom is 0.244 e. The summed E-state index contributed by atoms with van der Waals surface area (Å²) in [5, 5.41) is 3.19. The SMILES string of the molecule is C=C/C=C\C(CCC(CC1CC(=C)C2=C1C2)C(=O)C(=O)C1=C/C(=C/C)C(C)N1)=C(C)C. The van der Waals surface area contributed by atoms with E-state index in [1.165, 1.54) is 27.9 Å². The highest BCUT2D eigenvalue weighted by Gasteiger charge is 2.41. The van der Waals surface area contributed by atoms with Gasteiger partial charge >= 0.3 is 0 Å². The van der Waals surface area contributed by atoms with Gasteiger partial charge in [-0.1, -0.05) is 54.2 Å². The zero-order chi connectivity index (χ0) is 22.7. The first-order valence-electron chi connectivity index (χ1n) is 11.3. The van der Waals surface area contributed by atoms with Gasteiger partial charge < -0.3 is 5.32 Å². The quantitative estimate of drug-likeness (QED) is 0.346. The van der Waals surface area contributed by atoms with E-state index in [0.29, 0.717) is 18.0 Å². The van der Waals surface area contributed by atoms with E-state index >= 15 is 0 Å². The third kappa shape index (κ3) is 5.15. The molecule has 3 nitrogen and oxygen atoms in total. The van der Waals surface area contributed by atoms with Crippen LogP contribution in [0.3, 0.4) is 0 Å². The van der Waals surface area contributed by atoms with Crippen molar-refractivity contribution in [3.8, 4) is 0 Å². The Labute approximate surface area is 187 Å². The minimum absolute atomic E-state index is 0.0638. The minimum Gasteiger partial charge on any atom is -0.375 e. The highest BCUT2D eigenvalue weighted by molar-refractivity contribution is 6.44. The first-order chi connectivity index (χ1) is 14.8. The first-order valence-corrected chi connectivity index (χ1v) is 11.3. The summed E-state index contributed by atoms with van der Waals surface area (Å²) >= 11 is 0. The summed E-state index contributed by atoms with van der Waals surface area (Å²) in [4.78, 5) is 26.5. The fourth-order valence-corrected chi connectivity index (χ4v) is 4.80. The molecule has 3 atom stereocenters. The average Bonchev–Trinajstić information content (AvgIpc) is 3.37. The predicted molar refractivity (Wildman–Crippen MR) is 128 cm³/mol. The van der Waals surface area contributed by atoms with Gasteiger partial charge in [0.05, 0.1) is 5.70 Å². The van der Waals surface area contributed by atoms with E-state index in [4.69, 9.17) is 0 Å². The van der Waals surface area contributed by atoms with Crippen molar-refractivity contribution in [2.45, 2.75) is 65.8 Å². The molecule has 3 aliphatic rings. The second kappa shape index (κ2) is 9.64. The maximum atomic E-state index is 13.4. The van der Waals surface area contributed by atoms with Crippen LogP contribution in [0.4, 0.5) is 0 Å². The van der Waals surface area contributed by atoms with E-state index in [-0.39, 0.29) is 23.5 Å². The summed E-state index contributed by atoms with van der Waals surface area (Å²) < 4.78 is 0. The fraction of sp³-hybridized carbons (Fsp3) is 0.429. The van der Waals surface area contributed by atoms with Gasteiger partial charge in [0.2, 0.25) is 11.6 Å². The van der Waals surface area contributed by atoms with Gasteiger partial charge in [-0.25, -0.2) is 0 Å². The van der Waals surface area contributed by atoms with Crippen molar-refractivity contribution in [3.05, 3.63) is 82.7 Å². The lowest BCUT2D eigenvalue weighted by Gasteiger charge is -2.21. The van der Waals surface area contributed by atoms with Gasteiger partial charge in [-0.05, 0) is 88.5 Å². The number of hydrogen-bond donors (Lipinski definition) is 1. The lowest BCUT2D eigenvalue weighted by Crippen LogP contribution is -2.32. The molecule has 0 spiro atoms. The van der Waals surface area contributed by atoms with Gasteiger partial charge in [-0.3, -0.25) is 9.59 Å². The summed E-state index contributed by atoms with van der Waals surface area (Å²) in [6, 6.07) is 0.0638. The number of hydrogen-bond acceptors (Lipinski definition) is 3. The molecule has 31 heavy (non-hydrogen) atoms. The second-order valence-electron chi connectivity index (χ2n) is 9.18. The van der Waals surface area contributed by atoms with Gasteiger partial charge in [0.25, 0.3) is 0 Å². The molecule has 0 aromatic carbocycles. The number of Topliss-reactive ketones (excluding diaryl/α,β-unsaturated/α-hetero) is 2. The minimum atomic E-state index is -0.379. The smallest absolute Gasteiger partial charge is 0.244 e. The van der Waals surface area contributed by atoms with Crippen molar-refractivity contribution in [1.29, 1.82) is 0 Å². The molecule has 0 saturated carbocycles. The zero-order valence-electron chi connectivity index (χ0n) is 19.4. The Morgan fingerprint density at radius 1 is 1.32 bits per heavy atom. The number of rotatable bonds is 10. The molecule has 0 radical (unpaired) electrons. The van der Waals surface area contributed by atoms with Crippen molar-refractivity contribution < 1.29 is 9.59 Å². The Bertz CT molecular complexity index is 963.